The van der Waals surface area contributed by atoms with Crippen molar-refractivity contribution in [3.8, 4) is 0 Å². The molecule has 0 saturated heterocycles. The normalized spacial score (nSPS) is 17.0. The number of rotatable bonds is 3. The fraction of sp³-hybridized carbons (Fsp3) is 0.238. The molecule has 3 aromatic heterocycles. The molecule has 4 aromatic rings. The average Bonchev–Trinajstić information content (AvgIpc) is 3.06. The third-order valence-electron chi connectivity index (χ3n) is 5.22. The van der Waals surface area contributed by atoms with Crippen molar-refractivity contribution in [3.05, 3.63) is 71.8 Å². The van der Waals surface area contributed by atoms with Crippen LogP contribution in [0.4, 0.5) is 0 Å². The predicted molar refractivity (Wildman–Crippen MR) is 100 cm³/mol. The minimum atomic E-state index is 0.311. The molecule has 3 heterocycles. The Morgan fingerprint density at radius 3 is 2.96 bits per heavy atom. The fourth-order valence-electron chi connectivity index (χ4n) is 3.99. The molecule has 5 rings (SSSR count). The molecular weight excluding hydrogens is 308 g/mol. The number of H-pyrrole nitrogens is 1. The van der Waals surface area contributed by atoms with Crippen molar-refractivity contribution in [2.75, 3.05) is 0 Å². The third-order valence-corrected chi connectivity index (χ3v) is 5.22. The minimum absolute atomic E-state index is 0.311. The van der Waals surface area contributed by atoms with Gasteiger partial charge in [0.1, 0.15) is 0 Å². The predicted octanol–water partition coefficient (Wildman–Crippen LogP) is 4.28. The van der Waals surface area contributed by atoms with Gasteiger partial charge < -0.3 is 10.3 Å². The second-order valence-electron chi connectivity index (χ2n) is 6.72. The number of aryl methyl sites for hydroxylation is 1. The summed E-state index contributed by atoms with van der Waals surface area (Å²) in [5, 5.41) is 6.18. The zero-order valence-electron chi connectivity index (χ0n) is 14.0. The van der Waals surface area contributed by atoms with Crippen molar-refractivity contribution in [1.29, 1.82) is 0 Å². The fourth-order valence-corrected chi connectivity index (χ4v) is 3.99. The van der Waals surface area contributed by atoms with Gasteiger partial charge in [0.15, 0.2) is 0 Å². The van der Waals surface area contributed by atoms with Gasteiger partial charge in [-0.25, -0.2) is 0 Å². The Morgan fingerprint density at radius 2 is 1.96 bits per heavy atom. The molecule has 0 bridgehead atoms. The molecule has 1 aromatic carbocycles. The summed E-state index contributed by atoms with van der Waals surface area (Å²) in [6.45, 7) is 0.741. The topological polar surface area (TPSA) is 53.6 Å². The molecule has 0 aliphatic heterocycles. The van der Waals surface area contributed by atoms with E-state index in [1.807, 2.05) is 18.5 Å². The van der Waals surface area contributed by atoms with Gasteiger partial charge in [-0.3, -0.25) is 9.97 Å². The number of nitrogens with zero attached hydrogens (tertiary/aromatic N) is 2. The second kappa shape index (κ2) is 5.97. The van der Waals surface area contributed by atoms with E-state index in [2.05, 4.69) is 56.7 Å². The van der Waals surface area contributed by atoms with Crippen molar-refractivity contribution in [3.63, 3.8) is 0 Å². The molecule has 0 radical (unpaired) electrons. The van der Waals surface area contributed by atoms with Crippen molar-refractivity contribution in [1.82, 2.24) is 20.3 Å². The number of nitrogens with one attached hydrogen (secondary N) is 2. The van der Waals surface area contributed by atoms with E-state index in [4.69, 9.17) is 0 Å². The summed E-state index contributed by atoms with van der Waals surface area (Å²) in [5.74, 6) is 0. The number of fused-ring (bicyclic) bond motifs is 4. The van der Waals surface area contributed by atoms with Crippen molar-refractivity contribution < 1.29 is 0 Å². The van der Waals surface area contributed by atoms with Crippen LogP contribution in [0, 0.1) is 0 Å². The number of pyridine rings is 2. The summed E-state index contributed by atoms with van der Waals surface area (Å²) >= 11 is 0. The molecule has 1 atom stereocenters. The van der Waals surface area contributed by atoms with Crippen molar-refractivity contribution in [2.24, 2.45) is 0 Å². The Kier molecular flexibility index (Phi) is 3.49. The standard InChI is InChI=1S/C21H20N4/c1-2-8-17-15(7-1)16-10-12-22-19(21(16)25-17)13-24-18-9-3-5-14-6-4-11-23-20(14)18/h1-2,4,6-8,10-12,18,24-25H,3,5,9,13H2/t18-/m0/s1. The molecule has 4 heteroatoms. The Balaban J connectivity index is 1.47. The molecule has 4 nitrogen and oxygen atoms in total. The first-order valence-corrected chi connectivity index (χ1v) is 8.91. The Morgan fingerprint density at radius 1 is 1.00 bits per heavy atom. The van der Waals surface area contributed by atoms with E-state index in [0.29, 0.717) is 6.04 Å². The largest absolute Gasteiger partial charge is 0.353 e. The highest BCUT2D eigenvalue weighted by Gasteiger charge is 2.21. The third kappa shape index (κ3) is 2.50. The van der Waals surface area contributed by atoms with Gasteiger partial charge in [0, 0.05) is 35.2 Å². The molecule has 0 unspecified atom stereocenters. The number of benzene rings is 1. The molecule has 124 valence electrons. The lowest BCUT2D eigenvalue weighted by Crippen LogP contribution is -2.26. The number of hydrogen-bond donors (Lipinski definition) is 2. The molecule has 0 saturated carbocycles. The highest BCUT2D eigenvalue weighted by atomic mass is 15.0. The Bertz CT molecular complexity index is 1050. The summed E-state index contributed by atoms with van der Waals surface area (Å²) in [4.78, 5) is 12.8. The summed E-state index contributed by atoms with van der Waals surface area (Å²) in [7, 11) is 0. The lowest BCUT2D eigenvalue weighted by atomic mass is 9.92. The van der Waals surface area contributed by atoms with Crippen LogP contribution in [0.15, 0.2) is 54.9 Å². The zero-order chi connectivity index (χ0) is 16.6. The van der Waals surface area contributed by atoms with Crippen LogP contribution < -0.4 is 5.32 Å². The van der Waals surface area contributed by atoms with Crippen LogP contribution in [0.1, 0.15) is 35.8 Å². The highest BCUT2D eigenvalue weighted by Crippen LogP contribution is 2.29. The van der Waals surface area contributed by atoms with Gasteiger partial charge in [-0.1, -0.05) is 24.3 Å². The maximum atomic E-state index is 4.63. The number of aromatic nitrogens is 3. The smallest absolute Gasteiger partial charge is 0.0782 e. The quantitative estimate of drug-likeness (QED) is 0.590. The van der Waals surface area contributed by atoms with Gasteiger partial charge >= 0.3 is 0 Å². The Hall–Kier alpha value is -2.72. The van der Waals surface area contributed by atoms with Crippen molar-refractivity contribution >= 4 is 21.8 Å². The van der Waals surface area contributed by atoms with Crippen molar-refractivity contribution in [2.45, 2.75) is 31.8 Å². The van der Waals surface area contributed by atoms with Crippen LogP contribution in [-0.2, 0) is 13.0 Å². The molecular formula is C21H20N4. The SMILES string of the molecule is c1cnc2c(c1)CCC[C@@H]2NCc1nccc2c1[nH]c1ccccc12. The first kappa shape index (κ1) is 14.6. The summed E-state index contributed by atoms with van der Waals surface area (Å²) in [5.41, 5.74) is 5.95. The maximum Gasteiger partial charge on any atom is 0.0782 e. The van der Waals surface area contributed by atoms with Crippen LogP contribution in [0.2, 0.25) is 0 Å². The highest BCUT2D eigenvalue weighted by molar-refractivity contribution is 6.07. The van der Waals surface area contributed by atoms with Gasteiger partial charge in [0.25, 0.3) is 0 Å². The van der Waals surface area contributed by atoms with E-state index in [1.165, 1.54) is 28.5 Å². The van der Waals surface area contributed by atoms with Gasteiger partial charge in [0.2, 0.25) is 0 Å². The number of para-hydroxylation sites is 1. The van der Waals surface area contributed by atoms with E-state index in [0.717, 1.165) is 36.1 Å². The van der Waals surface area contributed by atoms with E-state index in [9.17, 15) is 0 Å². The average molecular weight is 328 g/mol. The van der Waals surface area contributed by atoms with Gasteiger partial charge in [-0.05, 0) is 43.0 Å². The summed E-state index contributed by atoms with van der Waals surface area (Å²) in [6.07, 6.45) is 7.28. The van der Waals surface area contributed by atoms with Crippen LogP contribution in [0.25, 0.3) is 21.8 Å². The van der Waals surface area contributed by atoms with Gasteiger partial charge in [0.05, 0.1) is 22.9 Å². The lowest BCUT2D eigenvalue weighted by Gasteiger charge is -2.25. The summed E-state index contributed by atoms with van der Waals surface area (Å²) < 4.78 is 0. The van der Waals surface area contributed by atoms with E-state index in [1.54, 1.807) is 0 Å². The number of hydrogen-bond acceptors (Lipinski definition) is 3. The van der Waals surface area contributed by atoms with E-state index >= 15 is 0 Å². The van der Waals surface area contributed by atoms with Crippen LogP contribution in [0.3, 0.4) is 0 Å². The molecule has 1 aliphatic rings. The van der Waals surface area contributed by atoms with Crippen LogP contribution in [0.5, 0.6) is 0 Å². The van der Waals surface area contributed by atoms with Crippen LogP contribution >= 0.6 is 0 Å². The Labute approximate surface area is 146 Å². The first-order chi connectivity index (χ1) is 12.4. The maximum absolute atomic E-state index is 4.63. The van der Waals surface area contributed by atoms with E-state index in [-0.39, 0.29) is 0 Å². The first-order valence-electron chi connectivity index (χ1n) is 8.91. The molecule has 0 fully saturated rings. The molecule has 0 spiro atoms. The molecule has 2 N–H and O–H groups in total. The zero-order valence-corrected chi connectivity index (χ0v) is 14.0. The van der Waals surface area contributed by atoms with Gasteiger partial charge in [-0.15, -0.1) is 0 Å². The number of aromatic amines is 1. The van der Waals surface area contributed by atoms with Crippen LogP contribution in [-0.4, -0.2) is 15.0 Å². The molecule has 1 aliphatic carbocycles. The minimum Gasteiger partial charge on any atom is -0.353 e. The van der Waals surface area contributed by atoms with Gasteiger partial charge in [-0.2, -0.15) is 0 Å². The molecule has 0 amide bonds. The second-order valence-corrected chi connectivity index (χ2v) is 6.72. The summed E-state index contributed by atoms with van der Waals surface area (Å²) in [6, 6.07) is 15.1. The monoisotopic (exact) mass is 328 g/mol. The molecule has 25 heavy (non-hydrogen) atoms. The lowest BCUT2D eigenvalue weighted by molar-refractivity contribution is 0.446. The van der Waals surface area contributed by atoms with E-state index < -0.39 is 0 Å².